The van der Waals surface area contributed by atoms with Crippen molar-refractivity contribution in [1.29, 1.82) is 0 Å². The summed E-state index contributed by atoms with van der Waals surface area (Å²) in [6.07, 6.45) is 2.91. The molecular formula is C10H10N2O2. The van der Waals surface area contributed by atoms with Crippen LogP contribution in [0.5, 0.6) is 11.5 Å². The summed E-state index contributed by atoms with van der Waals surface area (Å²) in [4.78, 5) is 5.36. The Bertz CT molecular complexity index is 403. The van der Waals surface area contributed by atoms with E-state index in [4.69, 9.17) is 10.6 Å². The average molecular weight is 190 g/mol. The number of para-hydroxylation sites is 1. The molecular weight excluding hydrogens is 180 g/mol. The zero-order valence-corrected chi connectivity index (χ0v) is 7.42. The molecule has 14 heavy (non-hydrogen) atoms. The molecule has 0 radical (unpaired) electrons. The monoisotopic (exact) mass is 190 g/mol. The molecule has 0 fully saturated rings. The fourth-order valence-corrected chi connectivity index (χ4v) is 1.09. The smallest absolute Gasteiger partial charge is 0.159 e. The maximum Gasteiger partial charge on any atom is 0.159 e. The van der Waals surface area contributed by atoms with E-state index in [1.54, 1.807) is 0 Å². The first kappa shape index (κ1) is 8.50. The molecule has 1 heterocycles. The molecule has 4 heteroatoms. The maximum absolute atomic E-state index is 9.19. The molecule has 0 aliphatic carbocycles. The molecule has 0 unspecified atom stereocenters. The van der Waals surface area contributed by atoms with E-state index in [0.717, 1.165) is 0 Å². The lowest BCUT2D eigenvalue weighted by atomic mass is 10.3. The summed E-state index contributed by atoms with van der Waals surface area (Å²) < 4.78 is 1.36. The number of rotatable bonds is 2. The van der Waals surface area contributed by atoms with Gasteiger partial charge in [-0.1, -0.05) is 18.2 Å². The van der Waals surface area contributed by atoms with Gasteiger partial charge < -0.3 is 15.7 Å². The molecule has 0 aliphatic heterocycles. The van der Waals surface area contributed by atoms with Gasteiger partial charge in [-0.05, 0) is 12.1 Å². The number of hydrogen-bond donors (Lipinski definition) is 2. The SMILES string of the molecule is Nc1cn(Oc2ccccc2)cc1O. The van der Waals surface area contributed by atoms with E-state index in [-0.39, 0.29) is 5.75 Å². The first-order valence-electron chi connectivity index (χ1n) is 4.15. The molecule has 1 aromatic carbocycles. The minimum absolute atomic E-state index is 0.0148. The molecule has 0 atom stereocenters. The average Bonchev–Trinajstić information content (AvgIpc) is 2.47. The molecule has 3 N–H and O–H groups in total. The number of nitrogen functional groups attached to an aromatic ring is 1. The molecule has 72 valence electrons. The lowest BCUT2D eigenvalue weighted by Gasteiger charge is -2.03. The zero-order chi connectivity index (χ0) is 9.97. The minimum Gasteiger partial charge on any atom is -0.504 e. The normalized spacial score (nSPS) is 10.0. The molecule has 0 spiro atoms. The Balaban J connectivity index is 2.19. The van der Waals surface area contributed by atoms with Gasteiger partial charge in [0.15, 0.2) is 11.5 Å². The number of aromatic hydroxyl groups is 1. The van der Waals surface area contributed by atoms with Gasteiger partial charge in [0.2, 0.25) is 0 Å². The van der Waals surface area contributed by atoms with Crippen molar-refractivity contribution in [2.75, 3.05) is 5.73 Å². The first-order chi connectivity index (χ1) is 6.75. The highest BCUT2D eigenvalue weighted by molar-refractivity contribution is 5.49. The largest absolute Gasteiger partial charge is 0.504 e. The Morgan fingerprint density at radius 1 is 1.14 bits per heavy atom. The van der Waals surface area contributed by atoms with Crippen molar-refractivity contribution < 1.29 is 9.94 Å². The molecule has 0 saturated carbocycles. The van der Waals surface area contributed by atoms with Crippen LogP contribution in [0.4, 0.5) is 5.69 Å². The third kappa shape index (κ3) is 1.64. The van der Waals surface area contributed by atoms with Crippen molar-refractivity contribution >= 4 is 5.69 Å². The predicted molar refractivity (Wildman–Crippen MR) is 53.0 cm³/mol. The van der Waals surface area contributed by atoms with Gasteiger partial charge in [-0.3, -0.25) is 0 Å². The van der Waals surface area contributed by atoms with Crippen LogP contribution in [-0.2, 0) is 0 Å². The first-order valence-corrected chi connectivity index (χ1v) is 4.15. The molecule has 4 nitrogen and oxygen atoms in total. The van der Waals surface area contributed by atoms with Crippen LogP contribution >= 0.6 is 0 Å². The fraction of sp³-hybridized carbons (Fsp3) is 0. The molecule has 0 saturated heterocycles. The van der Waals surface area contributed by atoms with E-state index in [1.165, 1.54) is 17.1 Å². The molecule has 2 rings (SSSR count). The Hall–Kier alpha value is -2.10. The fourth-order valence-electron chi connectivity index (χ4n) is 1.09. The summed E-state index contributed by atoms with van der Waals surface area (Å²) in [5.74, 6) is 0.698. The summed E-state index contributed by atoms with van der Waals surface area (Å²) in [6, 6.07) is 9.25. The van der Waals surface area contributed by atoms with Crippen molar-refractivity contribution in [2.24, 2.45) is 0 Å². The van der Waals surface area contributed by atoms with E-state index >= 15 is 0 Å². The topological polar surface area (TPSA) is 60.4 Å². The van der Waals surface area contributed by atoms with Gasteiger partial charge >= 0.3 is 0 Å². The van der Waals surface area contributed by atoms with E-state index in [0.29, 0.717) is 11.4 Å². The van der Waals surface area contributed by atoms with Crippen LogP contribution in [0, 0.1) is 0 Å². The molecule has 1 aromatic heterocycles. The summed E-state index contributed by atoms with van der Waals surface area (Å²) in [5.41, 5.74) is 5.74. The van der Waals surface area contributed by atoms with Crippen molar-refractivity contribution in [3.05, 3.63) is 42.7 Å². The number of hydrogen-bond acceptors (Lipinski definition) is 3. The van der Waals surface area contributed by atoms with E-state index < -0.39 is 0 Å². The number of benzene rings is 1. The van der Waals surface area contributed by atoms with Crippen LogP contribution in [0.3, 0.4) is 0 Å². The van der Waals surface area contributed by atoms with Crippen LogP contribution in [0.25, 0.3) is 0 Å². The van der Waals surface area contributed by atoms with Crippen LogP contribution < -0.4 is 10.6 Å². The van der Waals surface area contributed by atoms with Crippen molar-refractivity contribution in [2.45, 2.75) is 0 Å². The number of nitrogens with zero attached hydrogens (tertiary/aromatic N) is 1. The Kier molecular flexibility index (Phi) is 2.02. The third-order valence-corrected chi connectivity index (χ3v) is 1.77. The van der Waals surface area contributed by atoms with Gasteiger partial charge in [0.25, 0.3) is 0 Å². The van der Waals surface area contributed by atoms with Gasteiger partial charge in [-0.15, -0.1) is 0 Å². The van der Waals surface area contributed by atoms with Crippen LogP contribution in [-0.4, -0.2) is 9.84 Å². The van der Waals surface area contributed by atoms with Crippen molar-refractivity contribution in [1.82, 2.24) is 4.73 Å². The standard InChI is InChI=1S/C10H10N2O2/c11-9-6-12(7-10(9)13)14-8-4-2-1-3-5-8/h1-7,13H,11H2. The summed E-state index contributed by atoms with van der Waals surface area (Å²) in [6.45, 7) is 0. The molecule has 0 bridgehead atoms. The second-order valence-electron chi connectivity index (χ2n) is 2.86. The van der Waals surface area contributed by atoms with Crippen molar-refractivity contribution in [3.8, 4) is 11.5 Å². The quantitative estimate of drug-likeness (QED) is 0.756. The number of anilines is 1. The minimum atomic E-state index is 0.0148. The highest BCUT2D eigenvalue weighted by Crippen LogP contribution is 2.20. The Morgan fingerprint density at radius 3 is 2.43 bits per heavy atom. The van der Waals surface area contributed by atoms with Crippen LogP contribution in [0.1, 0.15) is 0 Å². The number of aromatic nitrogens is 1. The lowest BCUT2D eigenvalue weighted by molar-refractivity contribution is 0.215. The summed E-state index contributed by atoms with van der Waals surface area (Å²) in [5, 5.41) is 9.19. The molecule has 0 amide bonds. The van der Waals surface area contributed by atoms with Crippen LogP contribution in [0.2, 0.25) is 0 Å². The van der Waals surface area contributed by atoms with Gasteiger partial charge in [0.05, 0.1) is 18.1 Å². The zero-order valence-electron chi connectivity index (χ0n) is 7.42. The molecule has 2 aromatic rings. The second-order valence-corrected chi connectivity index (χ2v) is 2.86. The Labute approximate surface area is 81.1 Å². The van der Waals surface area contributed by atoms with E-state index in [9.17, 15) is 5.11 Å². The Morgan fingerprint density at radius 2 is 1.86 bits per heavy atom. The lowest BCUT2D eigenvalue weighted by Crippen LogP contribution is -2.00. The summed E-state index contributed by atoms with van der Waals surface area (Å²) >= 11 is 0. The van der Waals surface area contributed by atoms with Gasteiger partial charge in [-0.25, -0.2) is 0 Å². The molecule has 0 aliphatic rings. The summed E-state index contributed by atoms with van der Waals surface area (Å²) in [7, 11) is 0. The highest BCUT2D eigenvalue weighted by atomic mass is 16.7. The van der Waals surface area contributed by atoms with Gasteiger partial charge in [0, 0.05) is 0 Å². The predicted octanol–water partition coefficient (Wildman–Crippen LogP) is 1.62. The van der Waals surface area contributed by atoms with Crippen LogP contribution in [0.15, 0.2) is 42.7 Å². The van der Waals surface area contributed by atoms with Crippen molar-refractivity contribution in [3.63, 3.8) is 0 Å². The maximum atomic E-state index is 9.19. The van der Waals surface area contributed by atoms with Gasteiger partial charge in [-0.2, -0.15) is 4.73 Å². The second kappa shape index (κ2) is 3.33. The third-order valence-electron chi connectivity index (χ3n) is 1.77. The highest BCUT2D eigenvalue weighted by Gasteiger charge is 2.01. The van der Waals surface area contributed by atoms with Gasteiger partial charge in [0.1, 0.15) is 0 Å². The number of nitrogens with two attached hydrogens (primary N) is 1. The van der Waals surface area contributed by atoms with E-state index in [2.05, 4.69) is 0 Å². The van der Waals surface area contributed by atoms with E-state index in [1.807, 2.05) is 30.3 Å².